The predicted molar refractivity (Wildman–Crippen MR) is 196 cm³/mol. The Morgan fingerprint density at radius 1 is 1.08 bits per heavy atom. The lowest BCUT2D eigenvalue weighted by molar-refractivity contribution is -0.141. The van der Waals surface area contributed by atoms with Gasteiger partial charge in [-0.1, -0.05) is 26.8 Å². The molecule has 0 spiro atoms. The number of carbonyl (C=O) groups excluding carboxylic acids is 4. The number of carbonyl (C=O) groups is 4. The maximum absolute atomic E-state index is 14.4. The van der Waals surface area contributed by atoms with Crippen LogP contribution < -0.4 is 10.2 Å². The fourth-order valence-corrected chi connectivity index (χ4v) is 8.01. The largest absolute Gasteiger partial charge is 0.399 e. The number of rotatable bonds is 11. The first-order chi connectivity index (χ1) is 24.3. The standard InChI is InChI=1S/C35H40F2N5O7PS2/c1-34(2,3)29(39-30(44)27-20-22-19-23(10-13-26(22)52-27)35(36,37)50(47,48)49)33(46)42-16-6-7-25(42)32(45)41(17-14-28(43)40(4)5)24-11-8-21(9-12-24)31-38-15-18-51-31/h8-13,15,18-20,25,29H,6-7,14,16-17H2,1-5H3,(H,39,44)(H2,47,48,49). The van der Waals surface area contributed by atoms with Gasteiger partial charge in [0, 0.05) is 66.7 Å². The van der Waals surface area contributed by atoms with E-state index in [4.69, 9.17) is 9.79 Å². The molecule has 0 aliphatic carbocycles. The number of amides is 4. The van der Waals surface area contributed by atoms with Crippen LogP contribution in [0.1, 0.15) is 55.3 Å². The monoisotopic (exact) mass is 775 g/mol. The number of alkyl halides is 2. The summed E-state index contributed by atoms with van der Waals surface area (Å²) in [5.74, 6) is -1.64. The number of nitrogens with zero attached hydrogens (tertiary/aromatic N) is 4. The Labute approximate surface area is 307 Å². The molecule has 2 atom stereocenters. The number of fused-ring (bicyclic) bond motifs is 1. The molecule has 1 aliphatic rings. The molecule has 1 saturated heterocycles. The summed E-state index contributed by atoms with van der Waals surface area (Å²) in [7, 11) is -2.53. The van der Waals surface area contributed by atoms with Gasteiger partial charge in [-0.3, -0.25) is 23.7 Å². The number of likely N-dealkylation sites (tertiary alicyclic amines) is 1. The van der Waals surface area contributed by atoms with Gasteiger partial charge >= 0.3 is 13.3 Å². The topological polar surface area (TPSA) is 160 Å². The van der Waals surface area contributed by atoms with Crippen LogP contribution in [-0.4, -0.2) is 87.5 Å². The molecular weight excluding hydrogens is 736 g/mol. The van der Waals surface area contributed by atoms with E-state index in [9.17, 15) is 32.5 Å². The third-order valence-electron chi connectivity index (χ3n) is 8.83. The van der Waals surface area contributed by atoms with E-state index in [1.165, 1.54) is 38.2 Å². The number of halogens is 2. The Kier molecular flexibility index (Phi) is 11.4. The van der Waals surface area contributed by atoms with Crippen molar-refractivity contribution in [3.05, 3.63) is 70.5 Å². The zero-order chi connectivity index (χ0) is 38.2. The number of anilines is 1. The van der Waals surface area contributed by atoms with E-state index in [0.717, 1.165) is 34.0 Å². The van der Waals surface area contributed by atoms with Crippen molar-refractivity contribution in [2.45, 2.75) is 57.8 Å². The summed E-state index contributed by atoms with van der Waals surface area (Å²) in [6.07, 6.45) is 2.68. The molecule has 4 aromatic rings. The molecule has 2 aromatic carbocycles. The van der Waals surface area contributed by atoms with Crippen molar-refractivity contribution >= 4 is 69.7 Å². The van der Waals surface area contributed by atoms with Crippen LogP contribution in [0.25, 0.3) is 20.7 Å². The van der Waals surface area contributed by atoms with E-state index < -0.39 is 48.1 Å². The number of thiazole rings is 1. The third-order valence-corrected chi connectivity index (χ3v) is 11.8. The van der Waals surface area contributed by atoms with Crippen LogP contribution in [0.3, 0.4) is 0 Å². The molecule has 17 heteroatoms. The second-order valence-electron chi connectivity index (χ2n) is 13.8. The molecule has 2 unspecified atom stereocenters. The summed E-state index contributed by atoms with van der Waals surface area (Å²) in [5, 5.41) is 5.66. The van der Waals surface area contributed by atoms with Gasteiger partial charge < -0.3 is 29.8 Å². The van der Waals surface area contributed by atoms with E-state index in [0.29, 0.717) is 23.2 Å². The van der Waals surface area contributed by atoms with E-state index in [2.05, 4.69) is 10.3 Å². The van der Waals surface area contributed by atoms with Crippen molar-refractivity contribution in [2.24, 2.45) is 5.41 Å². The lowest BCUT2D eigenvalue weighted by Gasteiger charge is -2.36. The van der Waals surface area contributed by atoms with Gasteiger partial charge in [0.1, 0.15) is 17.1 Å². The van der Waals surface area contributed by atoms with E-state index in [-0.39, 0.29) is 41.6 Å². The molecule has 1 aliphatic heterocycles. The second-order valence-corrected chi connectivity index (χ2v) is 17.5. The molecule has 3 heterocycles. The predicted octanol–water partition coefficient (Wildman–Crippen LogP) is 5.90. The molecular formula is C35H40F2N5O7PS2. The van der Waals surface area contributed by atoms with Gasteiger partial charge in [-0.05, 0) is 66.1 Å². The van der Waals surface area contributed by atoms with Crippen LogP contribution in [0.5, 0.6) is 0 Å². The maximum atomic E-state index is 14.4. The van der Waals surface area contributed by atoms with Crippen LogP contribution in [0.15, 0.2) is 60.1 Å². The van der Waals surface area contributed by atoms with Gasteiger partial charge in [-0.15, -0.1) is 22.7 Å². The number of benzene rings is 2. The molecule has 3 N–H and O–H groups in total. The van der Waals surface area contributed by atoms with Crippen LogP contribution in [0, 0.1) is 5.41 Å². The highest BCUT2D eigenvalue weighted by atomic mass is 32.1. The minimum atomic E-state index is -5.80. The van der Waals surface area contributed by atoms with E-state index in [1.54, 1.807) is 53.2 Å². The molecule has 278 valence electrons. The Morgan fingerprint density at radius 2 is 1.77 bits per heavy atom. The van der Waals surface area contributed by atoms with Crippen LogP contribution >= 0.6 is 30.3 Å². The first kappa shape index (κ1) is 39.1. The summed E-state index contributed by atoms with van der Waals surface area (Å²) in [6.45, 7) is 5.66. The summed E-state index contributed by atoms with van der Waals surface area (Å²) in [6, 6.07) is 9.74. The van der Waals surface area contributed by atoms with E-state index in [1.807, 2.05) is 17.5 Å². The molecule has 52 heavy (non-hydrogen) atoms. The minimum Gasteiger partial charge on any atom is -0.349 e. The summed E-state index contributed by atoms with van der Waals surface area (Å²) < 4.78 is 40.6. The second kappa shape index (κ2) is 15.1. The quantitative estimate of drug-likeness (QED) is 0.159. The maximum Gasteiger partial charge on any atom is 0.399 e. The fourth-order valence-electron chi connectivity index (χ4n) is 5.94. The van der Waals surface area contributed by atoms with Gasteiger partial charge in [0.2, 0.25) is 17.7 Å². The molecule has 2 aromatic heterocycles. The summed E-state index contributed by atoms with van der Waals surface area (Å²) >= 11 is 2.45. The number of thiophene rings is 1. The average molecular weight is 776 g/mol. The Balaban J connectivity index is 1.39. The van der Waals surface area contributed by atoms with Gasteiger partial charge in [0.25, 0.3) is 5.91 Å². The lowest BCUT2D eigenvalue weighted by Crippen LogP contribution is -2.58. The highest BCUT2D eigenvalue weighted by molar-refractivity contribution is 7.52. The zero-order valence-corrected chi connectivity index (χ0v) is 31.7. The molecule has 5 rings (SSSR count). The minimum absolute atomic E-state index is 0.0575. The number of hydrogen-bond donors (Lipinski definition) is 3. The van der Waals surface area contributed by atoms with Crippen LogP contribution in [0.2, 0.25) is 0 Å². The highest BCUT2D eigenvalue weighted by Crippen LogP contribution is 2.59. The highest BCUT2D eigenvalue weighted by Gasteiger charge is 2.50. The first-order valence-electron chi connectivity index (χ1n) is 16.4. The molecule has 12 nitrogen and oxygen atoms in total. The molecule has 4 amide bonds. The van der Waals surface area contributed by atoms with Crippen molar-refractivity contribution in [1.29, 1.82) is 0 Å². The van der Waals surface area contributed by atoms with Gasteiger partial charge in [0.05, 0.1) is 4.88 Å². The van der Waals surface area contributed by atoms with Crippen molar-refractivity contribution in [2.75, 3.05) is 32.1 Å². The molecule has 0 bridgehead atoms. The van der Waals surface area contributed by atoms with Crippen LogP contribution in [-0.2, 0) is 24.6 Å². The lowest BCUT2D eigenvalue weighted by atomic mass is 9.85. The fraction of sp³-hybridized carbons (Fsp3) is 0.400. The zero-order valence-electron chi connectivity index (χ0n) is 29.2. The molecule has 1 fully saturated rings. The van der Waals surface area contributed by atoms with Crippen molar-refractivity contribution < 1.29 is 42.3 Å². The Morgan fingerprint density at radius 3 is 2.37 bits per heavy atom. The van der Waals surface area contributed by atoms with Crippen molar-refractivity contribution in [3.63, 3.8) is 0 Å². The first-order valence-corrected chi connectivity index (χ1v) is 19.7. The number of hydrogen-bond acceptors (Lipinski definition) is 8. The van der Waals surface area contributed by atoms with Gasteiger partial charge in [-0.25, -0.2) is 4.98 Å². The Bertz CT molecular complexity index is 2010. The number of nitrogens with one attached hydrogen (secondary N) is 1. The van der Waals surface area contributed by atoms with E-state index >= 15 is 0 Å². The van der Waals surface area contributed by atoms with Crippen LogP contribution in [0.4, 0.5) is 14.5 Å². The number of aromatic nitrogens is 1. The molecule has 0 radical (unpaired) electrons. The third kappa shape index (κ3) is 8.26. The van der Waals surface area contributed by atoms with Crippen molar-refractivity contribution in [1.82, 2.24) is 20.1 Å². The smallest absolute Gasteiger partial charge is 0.349 e. The molecule has 0 saturated carbocycles. The average Bonchev–Trinajstić information content (AvgIpc) is 3.87. The van der Waals surface area contributed by atoms with Crippen molar-refractivity contribution in [3.8, 4) is 10.6 Å². The normalized spacial score (nSPS) is 15.8. The van der Waals surface area contributed by atoms with Gasteiger partial charge in [-0.2, -0.15) is 8.78 Å². The SMILES string of the molecule is CN(C)C(=O)CCN(C(=O)C1CCCN1C(=O)C(NC(=O)c1cc2cc(C(F)(F)P(=O)(O)O)ccc2s1)C(C)(C)C)c1ccc(-c2nccs2)cc1. The summed E-state index contributed by atoms with van der Waals surface area (Å²) in [5.41, 5.74) is -4.69. The summed E-state index contributed by atoms with van der Waals surface area (Å²) in [4.78, 5) is 82.0. The Hall–Kier alpha value is -4.08. The van der Waals surface area contributed by atoms with Gasteiger partial charge in [0.15, 0.2) is 0 Å².